The summed E-state index contributed by atoms with van der Waals surface area (Å²) in [6.07, 6.45) is 2.16. The van der Waals surface area contributed by atoms with E-state index in [2.05, 4.69) is 52.8 Å². The summed E-state index contributed by atoms with van der Waals surface area (Å²) in [5, 5.41) is 0. The van der Waals surface area contributed by atoms with E-state index in [1.165, 1.54) is 16.7 Å². The Morgan fingerprint density at radius 3 is 2.10 bits per heavy atom. The van der Waals surface area contributed by atoms with Gasteiger partial charge in [0, 0.05) is 0 Å². The van der Waals surface area contributed by atoms with Crippen molar-refractivity contribution in [1.82, 2.24) is 0 Å². The standard InChI is InChI=1S/C18H32N2/c1-6-14-7-8-17(18(3,4)5)10-15(14)9-13(2)16(11-19)12-20/h7-8,10,13,16H,6,9,11-12,19-20H2,1-5H3. The van der Waals surface area contributed by atoms with Crippen molar-refractivity contribution in [3.8, 4) is 0 Å². The predicted molar refractivity (Wildman–Crippen MR) is 89.0 cm³/mol. The van der Waals surface area contributed by atoms with E-state index in [4.69, 9.17) is 11.5 Å². The zero-order valence-corrected chi connectivity index (χ0v) is 13.9. The monoisotopic (exact) mass is 276 g/mol. The van der Waals surface area contributed by atoms with Gasteiger partial charge in [-0.15, -0.1) is 0 Å². The molecule has 1 atom stereocenters. The molecule has 0 aromatic heterocycles. The van der Waals surface area contributed by atoms with Crippen LogP contribution in [-0.2, 0) is 18.3 Å². The van der Waals surface area contributed by atoms with Crippen molar-refractivity contribution in [2.45, 2.75) is 52.9 Å². The van der Waals surface area contributed by atoms with Gasteiger partial charge in [0.15, 0.2) is 0 Å². The van der Waals surface area contributed by atoms with Gasteiger partial charge in [-0.25, -0.2) is 0 Å². The Hall–Kier alpha value is -0.860. The first kappa shape index (κ1) is 17.2. The molecule has 1 unspecified atom stereocenters. The molecule has 0 bridgehead atoms. The summed E-state index contributed by atoms with van der Waals surface area (Å²) in [4.78, 5) is 0. The first-order valence-corrected chi connectivity index (χ1v) is 7.85. The average Bonchev–Trinajstić information content (AvgIpc) is 2.39. The molecule has 0 radical (unpaired) electrons. The lowest BCUT2D eigenvalue weighted by Crippen LogP contribution is -2.30. The number of rotatable bonds is 6. The van der Waals surface area contributed by atoms with E-state index in [1.54, 1.807) is 0 Å². The van der Waals surface area contributed by atoms with E-state index >= 15 is 0 Å². The highest BCUT2D eigenvalue weighted by Crippen LogP contribution is 2.27. The molecule has 2 nitrogen and oxygen atoms in total. The molecule has 2 heteroatoms. The third-order valence-electron chi connectivity index (χ3n) is 4.41. The SMILES string of the molecule is CCc1ccc(C(C)(C)C)cc1CC(C)C(CN)CN. The molecule has 0 fully saturated rings. The highest BCUT2D eigenvalue weighted by Gasteiger charge is 2.19. The van der Waals surface area contributed by atoms with Gasteiger partial charge in [-0.1, -0.05) is 52.8 Å². The van der Waals surface area contributed by atoms with Crippen molar-refractivity contribution in [1.29, 1.82) is 0 Å². The minimum Gasteiger partial charge on any atom is -0.330 e. The summed E-state index contributed by atoms with van der Waals surface area (Å²) in [5.74, 6) is 0.948. The van der Waals surface area contributed by atoms with Crippen LogP contribution in [0.5, 0.6) is 0 Å². The number of aryl methyl sites for hydroxylation is 1. The second-order valence-electron chi connectivity index (χ2n) is 7.00. The quantitative estimate of drug-likeness (QED) is 0.838. The third kappa shape index (κ3) is 4.32. The van der Waals surface area contributed by atoms with Crippen LogP contribution in [0, 0.1) is 11.8 Å². The molecule has 1 rings (SSSR count). The molecular weight excluding hydrogens is 244 g/mol. The zero-order chi connectivity index (χ0) is 15.3. The first-order valence-electron chi connectivity index (χ1n) is 7.85. The summed E-state index contributed by atoms with van der Waals surface area (Å²) in [7, 11) is 0. The van der Waals surface area contributed by atoms with E-state index in [9.17, 15) is 0 Å². The number of benzene rings is 1. The molecule has 0 aliphatic heterocycles. The number of hydrogen-bond acceptors (Lipinski definition) is 2. The highest BCUT2D eigenvalue weighted by molar-refractivity contribution is 5.35. The maximum absolute atomic E-state index is 5.83. The van der Waals surface area contributed by atoms with Crippen LogP contribution >= 0.6 is 0 Å². The summed E-state index contributed by atoms with van der Waals surface area (Å²) in [6, 6.07) is 6.96. The second kappa shape index (κ2) is 7.24. The molecule has 20 heavy (non-hydrogen) atoms. The van der Waals surface area contributed by atoms with Crippen molar-refractivity contribution >= 4 is 0 Å². The Morgan fingerprint density at radius 2 is 1.65 bits per heavy atom. The minimum atomic E-state index is 0.200. The van der Waals surface area contributed by atoms with Crippen molar-refractivity contribution < 1.29 is 0 Å². The van der Waals surface area contributed by atoms with Crippen LogP contribution < -0.4 is 11.5 Å². The van der Waals surface area contributed by atoms with E-state index in [-0.39, 0.29) is 5.41 Å². The van der Waals surface area contributed by atoms with Crippen LogP contribution in [-0.4, -0.2) is 13.1 Å². The van der Waals surface area contributed by atoms with Gasteiger partial charge in [-0.05, 0) is 59.9 Å². The topological polar surface area (TPSA) is 52.0 Å². The van der Waals surface area contributed by atoms with Crippen molar-refractivity contribution in [3.05, 3.63) is 34.9 Å². The average molecular weight is 276 g/mol. The van der Waals surface area contributed by atoms with Crippen molar-refractivity contribution in [2.24, 2.45) is 23.3 Å². The molecule has 0 heterocycles. The van der Waals surface area contributed by atoms with Gasteiger partial charge >= 0.3 is 0 Å². The predicted octanol–water partition coefficient (Wildman–Crippen LogP) is 3.26. The summed E-state index contributed by atoms with van der Waals surface area (Å²) in [5.41, 5.74) is 16.2. The smallest absolute Gasteiger partial charge is 0.00341 e. The van der Waals surface area contributed by atoms with Crippen LogP contribution in [0.3, 0.4) is 0 Å². The van der Waals surface area contributed by atoms with Crippen LogP contribution in [0.2, 0.25) is 0 Å². The fourth-order valence-electron chi connectivity index (χ4n) is 2.70. The zero-order valence-electron chi connectivity index (χ0n) is 13.9. The van der Waals surface area contributed by atoms with E-state index in [1.807, 2.05) is 0 Å². The molecule has 1 aromatic carbocycles. The first-order chi connectivity index (χ1) is 9.33. The molecule has 4 N–H and O–H groups in total. The van der Waals surface area contributed by atoms with Gasteiger partial charge in [-0.2, -0.15) is 0 Å². The van der Waals surface area contributed by atoms with Gasteiger partial charge in [0.1, 0.15) is 0 Å². The Labute approximate surface area is 124 Å². The fourth-order valence-corrected chi connectivity index (χ4v) is 2.70. The maximum atomic E-state index is 5.83. The lowest BCUT2D eigenvalue weighted by atomic mass is 9.81. The van der Waals surface area contributed by atoms with Gasteiger partial charge in [0.05, 0.1) is 0 Å². The van der Waals surface area contributed by atoms with Gasteiger partial charge < -0.3 is 11.5 Å². The van der Waals surface area contributed by atoms with E-state index in [0.29, 0.717) is 24.9 Å². The Morgan fingerprint density at radius 1 is 1.05 bits per heavy atom. The normalized spacial score (nSPS) is 13.8. The molecule has 0 saturated heterocycles. The molecule has 0 aliphatic carbocycles. The van der Waals surface area contributed by atoms with Crippen molar-refractivity contribution in [2.75, 3.05) is 13.1 Å². The van der Waals surface area contributed by atoms with Crippen LogP contribution in [0.4, 0.5) is 0 Å². The molecular formula is C18H32N2. The molecule has 0 saturated carbocycles. The fraction of sp³-hybridized carbons (Fsp3) is 0.667. The van der Waals surface area contributed by atoms with Crippen LogP contribution in [0.15, 0.2) is 18.2 Å². The largest absolute Gasteiger partial charge is 0.330 e. The summed E-state index contributed by atoms with van der Waals surface area (Å²) in [6.45, 7) is 12.7. The molecule has 114 valence electrons. The molecule has 0 spiro atoms. The van der Waals surface area contributed by atoms with Gasteiger partial charge in [-0.3, -0.25) is 0 Å². The Balaban J connectivity index is 3.02. The van der Waals surface area contributed by atoms with Crippen LogP contribution in [0.25, 0.3) is 0 Å². The van der Waals surface area contributed by atoms with Gasteiger partial charge in [0.2, 0.25) is 0 Å². The Kier molecular flexibility index (Phi) is 6.22. The van der Waals surface area contributed by atoms with E-state index < -0.39 is 0 Å². The Bertz CT molecular complexity index is 414. The van der Waals surface area contributed by atoms with Gasteiger partial charge in [0.25, 0.3) is 0 Å². The number of nitrogens with two attached hydrogens (primary N) is 2. The minimum absolute atomic E-state index is 0.200. The molecule has 0 amide bonds. The summed E-state index contributed by atoms with van der Waals surface area (Å²) < 4.78 is 0. The van der Waals surface area contributed by atoms with E-state index in [0.717, 1.165) is 12.8 Å². The molecule has 1 aromatic rings. The summed E-state index contributed by atoms with van der Waals surface area (Å²) >= 11 is 0. The second-order valence-corrected chi connectivity index (χ2v) is 7.00. The lowest BCUT2D eigenvalue weighted by Gasteiger charge is -2.25. The lowest BCUT2D eigenvalue weighted by molar-refractivity contribution is 0.371. The number of hydrogen-bond donors (Lipinski definition) is 2. The third-order valence-corrected chi connectivity index (χ3v) is 4.41. The van der Waals surface area contributed by atoms with Crippen LogP contribution in [0.1, 0.15) is 51.3 Å². The maximum Gasteiger partial charge on any atom is -0.00341 e. The molecule has 0 aliphatic rings. The van der Waals surface area contributed by atoms with Crippen molar-refractivity contribution in [3.63, 3.8) is 0 Å². The highest BCUT2D eigenvalue weighted by atomic mass is 14.6.